The number of fused-ring (bicyclic) bond motifs is 1. The van der Waals surface area contributed by atoms with Crippen molar-refractivity contribution in [2.24, 2.45) is 0 Å². The molecule has 0 saturated heterocycles. The monoisotopic (exact) mass is 295 g/mol. The van der Waals surface area contributed by atoms with E-state index in [0.29, 0.717) is 16.6 Å². The predicted molar refractivity (Wildman–Crippen MR) is 76.2 cm³/mol. The zero-order chi connectivity index (χ0) is 14.3. The molecule has 0 amide bonds. The average molecular weight is 295 g/mol. The highest BCUT2D eigenvalue weighted by Gasteiger charge is 2.24. The fraction of sp³-hybridized carbons (Fsp3) is 0.462. The van der Waals surface area contributed by atoms with Gasteiger partial charge in [-0.05, 0) is 37.5 Å². The summed E-state index contributed by atoms with van der Waals surface area (Å²) in [6.45, 7) is 1.73. The second kappa shape index (κ2) is 4.75. The van der Waals surface area contributed by atoms with Gasteiger partial charge in [0.15, 0.2) is 0 Å². The van der Waals surface area contributed by atoms with Crippen LogP contribution in [0.2, 0.25) is 0 Å². The van der Waals surface area contributed by atoms with E-state index in [1.165, 1.54) is 6.07 Å². The van der Waals surface area contributed by atoms with Crippen LogP contribution in [0.5, 0.6) is 0 Å². The minimum Gasteiger partial charge on any atom is -0.306 e. The second-order valence-corrected chi connectivity index (χ2v) is 7.03. The number of rotatable bonds is 3. The third-order valence-electron chi connectivity index (χ3n) is 3.78. The Morgan fingerprint density at radius 2 is 1.75 bits per heavy atom. The molecule has 108 valence electrons. The van der Waals surface area contributed by atoms with Crippen molar-refractivity contribution in [3.05, 3.63) is 28.2 Å². The van der Waals surface area contributed by atoms with E-state index in [4.69, 9.17) is 0 Å². The SMILES string of the molecule is Cc1cc2[nH]c(=O)[nH]c2cc1S(=O)(=O)NC1CCCC1. The Kier molecular flexibility index (Phi) is 3.18. The molecule has 1 aliphatic carbocycles. The van der Waals surface area contributed by atoms with E-state index in [-0.39, 0.29) is 16.6 Å². The highest BCUT2D eigenvalue weighted by atomic mass is 32.2. The van der Waals surface area contributed by atoms with E-state index in [1.54, 1.807) is 13.0 Å². The van der Waals surface area contributed by atoms with Crippen LogP contribution in [0.3, 0.4) is 0 Å². The van der Waals surface area contributed by atoms with E-state index in [9.17, 15) is 13.2 Å². The van der Waals surface area contributed by atoms with Crippen molar-refractivity contribution < 1.29 is 8.42 Å². The number of sulfonamides is 1. The zero-order valence-corrected chi connectivity index (χ0v) is 12.0. The first-order chi connectivity index (χ1) is 9.45. The van der Waals surface area contributed by atoms with E-state index in [0.717, 1.165) is 25.7 Å². The minimum atomic E-state index is -3.54. The molecule has 1 heterocycles. The van der Waals surface area contributed by atoms with Gasteiger partial charge in [0.2, 0.25) is 10.0 Å². The van der Waals surface area contributed by atoms with Gasteiger partial charge in [-0.15, -0.1) is 0 Å². The van der Waals surface area contributed by atoms with Crippen LogP contribution in [0.15, 0.2) is 21.8 Å². The summed E-state index contributed by atoms with van der Waals surface area (Å²) in [5.74, 6) is 0. The maximum absolute atomic E-state index is 12.4. The standard InChI is InChI=1S/C13H17N3O3S/c1-8-6-10-11(15-13(17)14-10)7-12(8)20(18,19)16-9-4-2-3-5-9/h6-7,9,16H,2-5H2,1H3,(H2,14,15,17). The number of imidazole rings is 1. The molecule has 20 heavy (non-hydrogen) atoms. The molecule has 1 aromatic heterocycles. The zero-order valence-electron chi connectivity index (χ0n) is 11.2. The van der Waals surface area contributed by atoms with Crippen LogP contribution >= 0.6 is 0 Å². The fourth-order valence-corrected chi connectivity index (χ4v) is 4.34. The van der Waals surface area contributed by atoms with Crippen LogP contribution in [0.4, 0.5) is 0 Å². The largest absolute Gasteiger partial charge is 0.323 e. The van der Waals surface area contributed by atoms with Gasteiger partial charge >= 0.3 is 5.69 Å². The number of aromatic nitrogens is 2. The summed E-state index contributed by atoms with van der Waals surface area (Å²) < 4.78 is 27.6. The third kappa shape index (κ3) is 2.38. The molecule has 0 atom stereocenters. The molecule has 3 N–H and O–H groups in total. The third-order valence-corrected chi connectivity index (χ3v) is 5.44. The molecule has 1 aromatic carbocycles. The number of aryl methyl sites for hydroxylation is 1. The molecule has 2 aromatic rings. The summed E-state index contributed by atoms with van der Waals surface area (Å²) in [4.78, 5) is 16.7. The Morgan fingerprint density at radius 3 is 2.40 bits per heavy atom. The average Bonchev–Trinajstić information content (AvgIpc) is 2.95. The minimum absolute atomic E-state index is 0.0281. The molecule has 0 radical (unpaired) electrons. The van der Waals surface area contributed by atoms with Crippen molar-refractivity contribution in [1.29, 1.82) is 0 Å². The van der Waals surface area contributed by atoms with Gasteiger partial charge in [-0.2, -0.15) is 0 Å². The smallest absolute Gasteiger partial charge is 0.306 e. The van der Waals surface area contributed by atoms with Crippen molar-refractivity contribution >= 4 is 21.1 Å². The molecule has 1 fully saturated rings. The van der Waals surface area contributed by atoms with Gasteiger partial charge in [0.1, 0.15) is 0 Å². The highest BCUT2D eigenvalue weighted by molar-refractivity contribution is 7.89. The van der Waals surface area contributed by atoms with Crippen molar-refractivity contribution in [2.45, 2.75) is 43.5 Å². The fourth-order valence-electron chi connectivity index (χ4n) is 2.79. The van der Waals surface area contributed by atoms with E-state index in [1.807, 2.05) is 0 Å². The first kappa shape index (κ1) is 13.4. The van der Waals surface area contributed by atoms with Crippen LogP contribution in [0.25, 0.3) is 11.0 Å². The van der Waals surface area contributed by atoms with Gasteiger partial charge in [0, 0.05) is 6.04 Å². The molecule has 1 aliphatic rings. The van der Waals surface area contributed by atoms with Crippen LogP contribution < -0.4 is 10.4 Å². The summed E-state index contributed by atoms with van der Waals surface area (Å²) in [5.41, 5.74) is 1.41. The Balaban J connectivity index is 2.03. The van der Waals surface area contributed by atoms with Gasteiger partial charge < -0.3 is 9.97 Å². The summed E-state index contributed by atoms with van der Waals surface area (Å²) in [7, 11) is -3.54. The normalized spacial score (nSPS) is 17.1. The molecular formula is C13H17N3O3S. The van der Waals surface area contributed by atoms with Crippen LogP contribution in [0, 0.1) is 6.92 Å². The maximum Gasteiger partial charge on any atom is 0.323 e. The van der Waals surface area contributed by atoms with Crippen molar-refractivity contribution in [3.63, 3.8) is 0 Å². The van der Waals surface area contributed by atoms with Gasteiger partial charge in [0.05, 0.1) is 15.9 Å². The molecule has 0 bridgehead atoms. The van der Waals surface area contributed by atoms with Gasteiger partial charge in [-0.25, -0.2) is 17.9 Å². The number of nitrogens with one attached hydrogen (secondary N) is 3. The Bertz CT molecular complexity index is 798. The highest BCUT2D eigenvalue weighted by Crippen LogP contribution is 2.23. The van der Waals surface area contributed by atoms with Gasteiger partial charge in [-0.3, -0.25) is 0 Å². The lowest BCUT2D eigenvalue weighted by Crippen LogP contribution is -2.33. The second-order valence-electron chi connectivity index (χ2n) is 5.35. The lowest BCUT2D eigenvalue weighted by molar-refractivity contribution is 0.552. The number of aromatic amines is 2. The van der Waals surface area contributed by atoms with Crippen LogP contribution in [-0.4, -0.2) is 24.4 Å². The summed E-state index contributed by atoms with van der Waals surface area (Å²) in [5, 5.41) is 0. The van der Waals surface area contributed by atoms with E-state index in [2.05, 4.69) is 14.7 Å². The van der Waals surface area contributed by atoms with Crippen LogP contribution in [0.1, 0.15) is 31.2 Å². The lowest BCUT2D eigenvalue weighted by atomic mass is 10.2. The van der Waals surface area contributed by atoms with Crippen molar-refractivity contribution in [2.75, 3.05) is 0 Å². The molecule has 0 aliphatic heterocycles. The Labute approximate surface area is 116 Å². The Hall–Kier alpha value is -1.60. The topological polar surface area (TPSA) is 94.8 Å². The van der Waals surface area contributed by atoms with Crippen molar-refractivity contribution in [1.82, 2.24) is 14.7 Å². The first-order valence-corrected chi connectivity index (χ1v) is 8.19. The summed E-state index contributed by atoms with van der Waals surface area (Å²) in [6, 6.07) is 3.22. The molecule has 3 rings (SSSR count). The number of hydrogen-bond acceptors (Lipinski definition) is 3. The summed E-state index contributed by atoms with van der Waals surface area (Å²) >= 11 is 0. The number of benzene rings is 1. The maximum atomic E-state index is 12.4. The van der Waals surface area contributed by atoms with E-state index < -0.39 is 10.0 Å². The van der Waals surface area contributed by atoms with E-state index >= 15 is 0 Å². The molecule has 0 spiro atoms. The lowest BCUT2D eigenvalue weighted by Gasteiger charge is -2.14. The number of H-pyrrole nitrogens is 2. The van der Waals surface area contributed by atoms with Crippen molar-refractivity contribution in [3.8, 4) is 0 Å². The molecule has 0 unspecified atom stereocenters. The predicted octanol–water partition coefficient (Wildman–Crippen LogP) is 1.39. The van der Waals surface area contributed by atoms with Gasteiger partial charge in [-0.1, -0.05) is 12.8 Å². The first-order valence-electron chi connectivity index (χ1n) is 6.71. The summed E-state index contributed by atoms with van der Waals surface area (Å²) in [6.07, 6.45) is 3.91. The number of hydrogen-bond donors (Lipinski definition) is 3. The molecule has 7 heteroatoms. The molecule has 6 nitrogen and oxygen atoms in total. The quantitative estimate of drug-likeness (QED) is 0.798. The molecule has 1 saturated carbocycles. The Morgan fingerprint density at radius 1 is 1.15 bits per heavy atom. The molecular weight excluding hydrogens is 278 g/mol. The van der Waals surface area contributed by atoms with Gasteiger partial charge in [0.25, 0.3) is 0 Å². The van der Waals surface area contributed by atoms with Crippen LogP contribution in [-0.2, 0) is 10.0 Å².